The number of fused-ring (bicyclic) bond motifs is 1. The topological polar surface area (TPSA) is 43.2 Å². The highest BCUT2D eigenvalue weighted by Gasteiger charge is 2.21. The predicted molar refractivity (Wildman–Crippen MR) is 92.6 cm³/mol. The van der Waals surface area contributed by atoms with E-state index in [1.54, 1.807) is 7.11 Å². The Labute approximate surface area is 138 Å². The number of hydrogen-bond acceptors (Lipinski definition) is 4. The van der Waals surface area contributed by atoms with Gasteiger partial charge in [0.15, 0.2) is 5.65 Å². The molecule has 2 aromatic rings. The lowest BCUT2D eigenvalue weighted by molar-refractivity contribution is 0.169. The van der Waals surface area contributed by atoms with Gasteiger partial charge in [0.1, 0.15) is 11.3 Å². The molecule has 2 aromatic heterocycles. The van der Waals surface area contributed by atoms with E-state index in [4.69, 9.17) is 9.72 Å². The maximum Gasteiger partial charge on any atom is 0.159 e. The summed E-state index contributed by atoms with van der Waals surface area (Å²) in [6.07, 6.45) is 6.44. The van der Waals surface area contributed by atoms with Gasteiger partial charge in [-0.25, -0.2) is 9.97 Å². The van der Waals surface area contributed by atoms with Crippen LogP contribution in [-0.4, -0.2) is 52.8 Å². The number of aryl methyl sites for hydroxylation is 1. The van der Waals surface area contributed by atoms with Crippen molar-refractivity contribution < 1.29 is 4.74 Å². The van der Waals surface area contributed by atoms with E-state index < -0.39 is 0 Å². The summed E-state index contributed by atoms with van der Waals surface area (Å²) in [5, 5.41) is 0. The van der Waals surface area contributed by atoms with Crippen molar-refractivity contribution in [1.29, 1.82) is 0 Å². The number of aromatic nitrogens is 3. The third kappa shape index (κ3) is 3.90. The molecule has 1 aliphatic rings. The summed E-state index contributed by atoms with van der Waals surface area (Å²) in [4.78, 5) is 12.0. The molecule has 0 aromatic carbocycles. The molecule has 3 heterocycles. The van der Waals surface area contributed by atoms with E-state index in [9.17, 15) is 0 Å². The number of piperidine rings is 1. The number of likely N-dealkylation sites (tertiary alicyclic amines) is 1. The van der Waals surface area contributed by atoms with Crippen molar-refractivity contribution in [3.63, 3.8) is 0 Å². The number of hydrogen-bond donors (Lipinski definition) is 0. The Bertz CT molecular complexity index is 625. The number of rotatable bonds is 7. The summed E-state index contributed by atoms with van der Waals surface area (Å²) < 4.78 is 7.55. The number of methoxy groups -OCH3 is 1. The zero-order valence-corrected chi connectivity index (χ0v) is 14.4. The molecule has 0 radical (unpaired) electrons. The van der Waals surface area contributed by atoms with E-state index in [-0.39, 0.29) is 0 Å². The van der Waals surface area contributed by atoms with E-state index in [1.807, 2.05) is 12.3 Å². The van der Waals surface area contributed by atoms with Crippen LogP contribution in [0, 0.1) is 5.92 Å². The summed E-state index contributed by atoms with van der Waals surface area (Å²) >= 11 is 0. The van der Waals surface area contributed by atoms with Crippen LogP contribution in [0.15, 0.2) is 18.3 Å². The van der Waals surface area contributed by atoms with Gasteiger partial charge in [0, 0.05) is 39.4 Å². The minimum Gasteiger partial charge on any atom is -0.385 e. The molecule has 5 nitrogen and oxygen atoms in total. The number of nitrogens with zero attached hydrogens (tertiary/aromatic N) is 4. The van der Waals surface area contributed by atoms with Crippen molar-refractivity contribution in [3.8, 4) is 0 Å². The lowest BCUT2D eigenvalue weighted by Gasteiger charge is -2.32. The molecule has 1 atom stereocenters. The molecule has 0 saturated carbocycles. The summed E-state index contributed by atoms with van der Waals surface area (Å²) in [6.45, 7) is 7.67. The smallest absolute Gasteiger partial charge is 0.159 e. The Morgan fingerprint density at radius 1 is 1.39 bits per heavy atom. The fourth-order valence-corrected chi connectivity index (χ4v) is 3.61. The molecule has 5 heteroatoms. The SMILES string of the molecule is CCN1CCCC(Cn2c(CCCOC)nc3cccnc32)C1. The molecule has 0 N–H and O–H groups in total. The van der Waals surface area contributed by atoms with Crippen molar-refractivity contribution in [1.82, 2.24) is 19.4 Å². The van der Waals surface area contributed by atoms with Gasteiger partial charge in [-0.05, 0) is 50.4 Å². The lowest BCUT2D eigenvalue weighted by atomic mass is 9.98. The van der Waals surface area contributed by atoms with E-state index >= 15 is 0 Å². The maximum atomic E-state index is 5.20. The van der Waals surface area contributed by atoms with E-state index in [0.717, 1.165) is 49.5 Å². The van der Waals surface area contributed by atoms with E-state index in [1.165, 1.54) is 25.9 Å². The zero-order valence-electron chi connectivity index (χ0n) is 14.4. The second kappa shape index (κ2) is 7.88. The highest BCUT2D eigenvalue weighted by Crippen LogP contribution is 2.22. The molecular weight excluding hydrogens is 288 g/mol. The van der Waals surface area contributed by atoms with Gasteiger partial charge < -0.3 is 14.2 Å². The first-order chi connectivity index (χ1) is 11.3. The molecule has 1 fully saturated rings. The van der Waals surface area contributed by atoms with Crippen molar-refractivity contribution in [2.75, 3.05) is 33.4 Å². The Morgan fingerprint density at radius 2 is 2.30 bits per heavy atom. The van der Waals surface area contributed by atoms with Crippen molar-refractivity contribution in [2.24, 2.45) is 5.92 Å². The average molecular weight is 316 g/mol. The highest BCUT2D eigenvalue weighted by atomic mass is 16.5. The molecule has 126 valence electrons. The van der Waals surface area contributed by atoms with Crippen molar-refractivity contribution in [2.45, 2.75) is 39.2 Å². The standard InChI is InChI=1S/C18H28N4O/c1-3-21-11-5-7-15(13-21)14-22-17(9-6-12-23-2)20-16-8-4-10-19-18(16)22/h4,8,10,15H,3,5-7,9,11-14H2,1-2H3. The molecule has 1 saturated heterocycles. The summed E-state index contributed by atoms with van der Waals surface area (Å²) in [7, 11) is 1.76. The van der Waals surface area contributed by atoms with Gasteiger partial charge in [0.05, 0.1) is 0 Å². The average Bonchev–Trinajstić information content (AvgIpc) is 2.93. The summed E-state index contributed by atoms with van der Waals surface area (Å²) in [5.74, 6) is 1.86. The van der Waals surface area contributed by atoms with Gasteiger partial charge in [0.2, 0.25) is 0 Å². The monoisotopic (exact) mass is 316 g/mol. The first-order valence-electron chi connectivity index (χ1n) is 8.83. The Kier molecular flexibility index (Phi) is 5.62. The first kappa shape index (κ1) is 16.4. The Hall–Kier alpha value is -1.46. The highest BCUT2D eigenvalue weighted by molar-refractivity contribution is 5.71. The normalized spacial score (nSPS) is 19.5. The Morgan fingerprint density at radius 3 is 3.13 bits per heavy atom. The predicted octanol–water partition coefficient (Wildman–Crippen LogP) is 2.74. The molecule has 0 bridgehead atoms. The molecule has 3 rings (SSSR count). The van der Waals surface area contributed by atoms with E-state index in [0.29, 0.717) is 5.92 Å². The molecule has 0 amide bonds. The Balaban J connectivity index is 1.80. The van der Waals surface area contributed by atoms with Crippen molar-refractivity contribution >= 4 is 11.2 Å². The van der Waals surface area contributed by atoms with Crippen LogP contribution in [0.5, 0.6) is 0 Å². The molecule has 23 heavy (non-hydrogen) atoms. The minimum absolute atomic E-state index is 0.698. The molecule has 1 unspecified atom stereocenters. The third-order valence-electron chi connectivity index (χ3n) is 4.82. The third-order valence-corrected chi connectivity index (χ3v) is 4.82. The zero-order chi connectivity index (χ0) is 16.1. The van der Waals surface area contributed by atoms with Crippen LogP contribution in [-0.2, 0) is 17.7 Å². The van der Waals surface area contributed by atoms with Crippen LogP contribution < -0.4 is 0 Å². The minimum atomic E-state index is 0.698. The number of pyridine rings is 1. The maximum absolute atomic E-state index is 5.20. The van der Waals surface area contributed by atoms with E-state index in [2.05, 4.69) is 27.4 Å². The van der Waals surface area contributed by atoms with Gasteiger partial charge >= 0.3 is 0 Å². The van der Waals surface area contributed by atoms with Gasteiger partial charge in [-0.1, -0.05) is 6.92 Å². The second-order valence-electron chi connectivity index (χ2n) is 6.48. The van der Waals surface area contributed by atoms with Crippen molar-refractivity contribution in [3.05, 3.63) is 24.2 Å². The number of imidazole rings is 1. The van der Waals surface area contributed by atoms with Gasteiger partial charge in [0.25, 0.3) is 0 Å². The van der Waals surface area contributed by atoms with Crippen LogP contribution >= 0.6 is 0 Å². The quantitative estimate of drug-likeness (QED) is 0.737. The van der Waals surface area contributed by atoms with Crippen LogP contribution in [0.2, 0.25) is 0 Å². The first-order valence-corrected chi connectivity index (χ1v) is 8.83. The molecule has 1 aliphatic heterocycles. The lowest BCUT2D eigenvalue weighted by Crippen LogP contribution is -2.37. The second-order valence-corrected chi connectivity index (χ2v) is 6.48. The van der Waals surface area contributed by atoms with Crippen LogP contribution in [0.1, 0.15) is 32.0 Å². The van der Waals surface area contributed by atoms with Gasteiger partial charge in [-0.3, -0.25) is 0 Å². The molecule has 0 spiro atoms. The van der Waals surface area contributed by atoms with Crippen LogP contribution in [0.4, 0.5) is 0 Å². The van der Waals surface area contributed by atoms with Gasteiger partial charge in [-0.15, -0.1) is 0 Å². The van der Waals surface area contributed by atoms with Crippen LogP contribution in [0.25, 0.3) is 11.2 Å². The van der Waals surface area contributed by atoms with Gasteiger partial charge in [-0.2, -0.15) is 0 Å². The molecule has 0 aliphatic carbocycles. The summed E-state index contributed by atoms with van der Waals surface area (Å²) in [5.41, 5.74) is 2.05. The summed E-state index contributed by atoms with van der Waals surface area (Å²) in [6, 6.07) is 4.04. The number of ether oxygens (including phenoxy) is 1. The largest absolute Gasteiger partial charge is 0.385 e. The molecular formula is C18H28N4O. The fraction of sp³-hybridized carbons (Fsp3) is 0.667. The van der Waals surface area contributed by atoms with Crippen LogP contribution in [0.3, 0.4) is 0 Å². The fourth-order valence-electron chi connectivity index (χ4n) is 3.61.